The maximum atomic E-state index is 13.1. The third-order valence-corrected chi connectivity index (χ3v) is 2.22. The number of hydrogen-bond acceptors (Lipinski definition) is 4. The molecule has 0 heterocycles. The molecule has 0 saturated carbocycles. The predicted molar refractivity (Wildman–Crippen MR) is 59.0 cm³/mol. The predicted octanol–water partition coefficient (Wildman–Crippen LogP) is 1.45. The van der Waals surface area contributed by atoms with Gasteiger partial charge in [-0.3, -0.25) is 0 Å². The molecule has 0 aromatic heterocycles. The summed E-state index contributed by atoms with van der Waals surface area (Å²) in [4.78, 5) is 0. The minimum absolute atomic E-state index is 0. The molecular formula is C10H10ClF3N2O2. The van der Waals surface area contributed by atoms with E-state index in [9.17, 15) is 18.3 Å². The molecular weight excluding hydrogens is 273 g/mol. The number of aliphatic hydroxyl groups excluding tert-OH is 1. The second-order valence-electron chi connectivity index (χ2n) is 3.40. The zero-order valence-corrected chi connectivity index (χ0v) is 9.72. The lowest BCUT2D eigenvalue weighted by atomic mass is 9.98. The van der Waals surface area contributed by atoms with Crippen molar-refractivity contribution in [1.82, 2.24) is 0 Å². The molecule has 1 atom stereocenters. The van der Waals surface area contributed by atoms with Crippen LogP contribution in [0.5, 0.6) is 5.75 Å². The van der Waals surface area contributed by atoms with Gasteiger partial charge in [0.15, 0.2) is 11.6 Å². The highest BCUT2D eigenvalue weighted by molar-refractivity contribution is 5.85. The van der Waals surface area contributed by atoms with Crippen LogP contribution in [-0.2, 0) is 0 Å². The topological polar surface area (TPSA) is 90.3 Å². The summed E-state index contributed by atoms with van der Waals surface area (Å²) in [5.41, 5.74) is 4.26. The Morgan fingerprint density at radius 1 is 1.44 bits per heavy atom. The maximum Gasteiger partial charge on any atom is 0.289 e. The van der Waals surface area contributed by atoms with E-state index >= 15 is 0 Å². The molecule has 0 fully saturated rings. The van der Waals surface area contributed by atoms with Gasteiger partial charge in [0.2, 0.25) is 0 Å². The van der Waals surface area contributed by atoms with E-state index in [1.54, 1.807) is 6.07 Å². The number of phenols is 1. The fraction of sp³-hybridized carbons (Fsp3) is 0.300. The van der Waals surface area contributed by atoms with Gasteiger partial charge in [-0.15, -0.1) is 12.4 Å². The van der Waals surface area contributed by atoms with E-state index in [0.29, 0.717) is 6.07 Å². The number of hydrogen-bond donors (Lipinski definition) is 3. The van der Waals surface area contributed by atoms with Crippen LogP contribution in [-0.4, -0.2) is 22.7 Å². The second kappa shape index (κ2) is 5.91. The third kappa shape index (κ3) is 3.04. The lowest BCUT2D eigenvalue weighted by molar-refractivity contribution is -0.0716. The quantitative estimate of drug-likeness (QED) is 0.783. The Balaban J connectivity index is 0.00000289. The lowest BCUT2D eigenvalue weighted by Gasteiger charge is -2.22. The average molecular weight is 283 g/mol. The summed E-state index contributed by atoms with van der Waals surface area (Å²) in [5.74, 6) is -5.99. The molecule has 1 aromatic rings. The van der Waals surface area contributed by atoms with Crippen LogP contribution < -0.4 is 5.73 Å². The molecule has 0 saturated heterocycles. The first-order chi connectivity index (χ1) is 7.83. The van der Waals surface area contributed by atoms with E-state index in [-0.39, 0.29) is 18.0 Å². The maximum absolute atomic E-state index is 13.1. The van der Waals surface area contributed by atoms with Crippen molar-refractivity contribution in [2.24, 2.45) is 5.73 Å². The highest BCUT2D eigenvalue weighted by Gasteiger charge is 2.39. The number of nitrogens with two attached hydrogens (primary N) is 1. The second-order valence-corrected chi connectivity index (χ2v) is 3.40. The van der Waals surface area contributed by atoms with Crippen molar-refractivity contribution in [3.63, 3.8) is 0 Å². The van der Waals surface area contributed by atoms with Crippen LogP contribution in [0.25, 0.3) is 0 Å². The molecule has 0 aliphatic heterocycles. The lowest BCUT2D eigenvalue weighted by Crippen LogP contribution is -2.36. The Hall–Kier alpha value is -1.49. The molecule has 0 unspecified atom stereocenters. The summed E-state index contributed by atoms with van der Waals surface area (Å²) in [6.45, 7) is -1.55. The molecule has 100 valence electrons. The summed E-state index contributed by atoms with van der Waals surface area (Å²) in [5, 5.41) is 26.3. The number of benzene rings is 1. The largest absolute Gasteiger partial charge is 0.505 e. The molecule has 4 N–H and O–H groups in total. The summed E-state index contributed by atoms with van der Waals surface area (Å²) < 4.78 is 39.3. The van der Waals surface area contributed by atoms with E-state index in [1.807, 2.05) is 0 Å². The summed E-state index contributed by atoms with van der Waals surface area (Å²) in [6, 6.07) is 0.995. The molecule has 0 aliphatic carbocycles. The van der Waals surface area contributed by atoms with Crippen molar-refractivity contribution in [1.29, 1.82) is 5.26 Å². The molecule has 0 amide bonds. The monoisotopic (exact) mass is 282 g/mol. The van der Waals surface area contributed by atoms with Gasteiger partial charge < -0.3 is 15.9 Å². The molecule has 8 heteroatoms. The number of nitrogens with zero attached hydrogens (tertiary/aromatic N) is 1. The molecule has 1 aromatic carbocycles. The number of phenolic OH excluding ortho intramolecular Hbond substituents is 1. The number of nitriles is 1. The highest BCUT2D eigenvalue weighted by atomic mass is 35.5. The van der Waals surface area contributed by atoms with E-state index in [0.717, 1.165) is 6.07 Å². The van der Waals surface area contributed by atoms with E-state index in [2.05, 4.69) is 0 Å². The van der Waals surface area contributed by atoms with E-state index in [4.69, 9.17) is 16.1 Å². The molecule has 0 radical (unpaired) electrons. The van der Waals surface area contributed by atoms with Gasteiger partial charge in [0.05, 0.1) is 11.6 Å². The average Bonchev–Trinajstić information content (AvgIpc) is 2.31. The number of halogens is 4. The third-order valence-electron chi connectivity index (χ3n) is 2.22. The van der Waals surface area contributed by atoms with Gasteiger partial charge in [-0.05, 0) is 12.1 Å². The smallest absolute Gasteiger partial charge is 0.289 e. The molecule has 0 aliphatic rings. The zero-order chi connectivity index (χ0) is 13.2. The van der Waals surface area contributed by atoms with E-state index in [1.165, 1.54) is 0 Å². The van der Waals surface area contributed by atoms with Crippen LogP contribution in [0.1, 0.15) is 17.2 Å². The first-order valence-corrected chi connectivity index (χ1v) is 4.50. The SMILES string of the molecule is Cl.N#Cc1cc(F)c(O)c([C@H](N)C(F)(F)CO)c1. The Labute approximate surface area is 107 Å². The van der Waals surface area contributed by atoms with Gasteiger partial charge in [0.1, 0.15) is 12.6 Å². The fourth-order valence-electron chi connectivity index (χ4n) is 1.25. The highest BCUT2D eigenvalue weighted by Crippen LogP contribution is 2.35. The number of alkyl halides is 2. The Morgan fingerprint density at radius 3 is 2.44 bits per heavy atom. The number of aliphatic hydroxyl groups is 1. The summed E-state index contributed by atoms with van der Waals surface area (Å²) in [6.07, 6.45) is 0. The molecule has 0 spiro atoms. The molecule has 0 bridgehead atoms. The van der Waals surface area contributed by atoms with Crippen molar-refractivity contribution in [2.75, 3.05) is 6.61 Å². The Bertz CT molecular complexity index is 477. The summed E-state index contributed by atoms with van der Waals surface area (Å²) >= 11 is 0. The van der Waals surface area contributed by atoms with Crippen LogP contribution in [0, 0.1) is 17.1 Å². The summed E-state index contributed by atoms with van der Waals surface area (Å²) in [7, 11) is 0. The van der Waals surface area contributed by atoms with Gasteiger partial charge in [-0.1, -0.05) is 0 Å². The standard InChI is InChI=1S/C10H9F3N2O2.ClH/c11-7-2-5(3-14)1-6(8(7)17)9(15)10(12,13)4-16;/h1-2,9,16-17H,4,15H2;1H/t9-;/m0./s1. The van der Waals surface area contributed by atoms with Crippen molar-refractivity contribution >= 4 is 12.4 Å². The molecule has 18 heavy (non-hydrogen) atoms. The number of rotatable bonds is 3. The molecule has 4 nitrogen and oxygen atoms in total. The van der Waals surface area contributed by atoms with Crippen LogP contribution in [0.2, 0.25) is 0 Å². The minimum Gasteiger partial charge on any atom is -0.505 e. The minimum atomic E-state index is -3.72. The van der Waals surface area contributed by atoms with Crippen molar-refractivity contribution in [3.05, 3.63) is 29.1 Å². The van der Waals surface area contributed by atoms with Gasteiger partial charge in [-0.2, -0.15) is 5.26 Å². The van der Waals surface area contributed by atoms with Crippen molar-refractivity contribution in [2.45, 2.75) is 12.0 Å². The first kappa shape index (κ1) is 16.5. The normalized spacial score (nSPS) is 12.4. The van der Waals surface area contributed by atoms with Crippen LogP contribution in [0.4, 0.5) is 13.2 Å². The Kier molecular flexibility index (Phi) is 5.42. The Morgan fingerprint density at radius 2 is 2.00 bits per heavy atom. The van der Waals surface area contributed by atoms with Crippen LogP contribution >= 0.6 is 12.4 Å². The van der Waals surface area contributed by atoms with E-state index < -0.39 is 35.7 Å². The zero-order valence-electron chi connectivity index (χ0n) is 8.90. The van der Waals surface area contributed by atoms with Crippen LogP contribution in [0.15, 0.2) is 12.1 Å². The van der Waals surface area contributed by atoms with Gasteiger partial charge in [0.25, 0.3) is 5.92 Å². The number of aromatic hydroxyl groups is 1. The van der Waals surface area contributed by atoms with Crippen molar-refractivity contribution < 1.29 is 23.4 Å². The van der Waals surface area contributed by atoms with Gasteiger partial charge in [-0.25, -0.2) is 13.2 Å². The van der Waals surface area contributed by atoms with Crippen molar-refractivity contribution in [3.8, 4) is 11.8 Å². The first-order valence-electron chi connectivity index (χ1n) is 4.50. The van der Waals surface area contributed by atoms with Crippen LogP contribution in [0.3, 0.4) is 0 Å². The molecule has 1 rings (SSSR count). The van der Waals surface area contributed by atoms with Gasteiger partial charge in [0, 0.05) is 5.56 Å². The fourth-order valence-corrected chi connectivity index (χ4v) is 1.25. The van der Waals surface area contributed by atoms with Gasteiger partial charge >= 0.3 is 0 Å².